The zero-order valence-corrected chi connectivity index (χ0v) is 24.4. The highest BCUT2D eigenvalue weighted by Gasteiger charge is 2.32. The van der Waals surface area contributed by atoms with Crippen molar-refractivity contribution in [2.75, 3.05) is 0 Å². The van der Waals surface area contributed by atoms with Crippen molar-refractivity contribution in [3.63, 3.8) is 0 Å². The van der Waals surface area contributed by atoms with E-state index in [1.165, 1.54) is 83.5 Å². The normalized spacial score (nSPS) is 14.0. The Bertz CT molecular complexity index is 2110. The first-order valence-electron chi connectivity index (χ1n) is 15.5. The van der Waals surface area contributed by atoms with Gasteiger partial charge in [0, 0.05) is 5.92 Å². The van der Waals surface area contributed by atoms with E-state index in [4.69, 9.17) is 0 Å². The Balaban J connectivity index is 1.14. The van der Waals surface area contributed by atoms with E-state index in [9.17, 15) is 0 Å². The van der Waals surface area contributed by atoms with E-state index in [0.29, 0.717) is 0 Å². The summed E-state index contributed by atoms with van der Waals surface area (Å²) in [7, 11) is 0. The third-order valence-corrected chi connectivity index (χ3v) is 9.56. The van der Waals surface area contributed by atoms with E-state index in [0.717, 1.165) is 6.42 Å². The van der Waals surface area contributed by atoms with Crippen LogP contribution in [0.25, 0.3) is 55.6 Å². The molecule has 0 saturated carbocycles. The van der Waals surface area contributed by atoms with Crippen LogP contribution in [0.5, 0.6) is 0 Å². The second-order valence-corrected chi connectivity index (χ2v) is 12.1. The van der Waals surface area contributed by atoms with Crippen LogP contribution in [-0.4, -0.2) is 0 Å². The first kappa shape index (κ1) is 25.1. The molecule has 1 atom stereocenters. The van der Waals surface area contributed by atoms with Gasteiger partial charge in [-0.2, -0.15) is 0 Å². The number of hydrogen-bond acceptors (Lipinski definition) is 0. The van der Waals surface area contributed by atoms with E-state index in [2.05, 4.69) is 164 Å². The molecule has 206 valence electrons. The van der Waals surface area contributed by atoms with Gasteiger partial charge in [-0.1, -0.05) is 140 Å². The fourth-order valence-electron chi connectivity index (χ4n) is 7.45. The Hall–Kier alpha value is -5.46. The summed E-state index contributed by atoms with van der Waals surface area (Å²) in [5.74, 6) is 0.236. The molecule has 2 aliphatic carbocycles. The predicted octanol–water partition coefficient (Wildman–Crippen LogP) is 11.4. The van der Waals surface area contributed by atoms with Gasteiger partial charge in [0.25, 0.3) is 0 Å². The Morgan fingerprint density at radius 3 is 1.52 bits per heavy atom. The minimum atomic E-state index is 0.236. The molecule has 0 N–H and O–H groups in total. The van der Waals surface area contributed by atoms with Crippen molar-refractivity contribution in [3.05, 3.63) is 192 Å². The predicted molar refractivity (Wildman–Crippen MR) is 184 cm³/mol. The Morgan fingerprint density at radius 1 is 0.318 bits per heavy atom. The fraction of sp³-hybridized carbons (Fsp3) is 0.0455. The highest BCUT2D eigenvalue weighted by molar-refractivity contribution is 5.88. The molecule has 0 spiro atoms. The highest BCUT2D eigenvalue weighted by atomic mass is 14.4. The van der Waals surface area contributed by atoms with Crippen LogP contribution in [0, 0.1) is 0 Å². The van der Waals surface area contributed by atoms with Crippen molar-refractivity contribution in [1.29, 1.82) is 0 Å². The van der Waals surface area contributed by atoms with Gasteiger partial charge < -0.3 is 0 Å². The van der Waals surface area contributed by atoms with E-state index in [-0.39, 0.29) is 5.92 Å². The van der Waals surface area contributed by atoms with Crippen molar-refractivity contribution in [2.45, 2.75) is 12.3 Å². The summed E-state index contributed by atoms with van der Waals surface area (Å²) in [5.41, 5.74) is 20.0. The summed E-state index contributed by atoms with van der Waals surface area (Å²) in [6.07, 6.45) is 1.02. The Kier molecular flexibility index (Phi) is 5.74. The topological polar surface area (TPSA) is 0 Å². The van der Waals surface area contributed by atoms with Gasteiger partial charge in [-0.25, -0.2) is 0 Å². The van der Waals surface area contributed by atoms with Crippen molar-refractivity contribution in [2.24, 2.45) is 0 Å². The summed E-state index contributed by atoms with van der Waals surface area (Å²) < 4.78 is 0. The molecule has 0 fully saturated rings. The second-order valence-electron chi connectivity index (χ2n) is 12.1. The molecule has 44 heavy (non-hydrogen) atoms. The average Bonchev–Trinajstić information content (AvgIpc) is 3.62. The smallest absolute Gasteiger partial charge is 0.0352 e. The molecule has 1 unspecified atom stereocenters. The maximum Gasteiger partial charge on any atom is 0.0352 e. The van der Waals surface area contributed by atoms with E-state index in [1.54, 1.807) is 0 Å². The first-order chi connectivity index (χ1) is 21.8. The number of fused-ring (bicyclic) bond motifs is 6. The third-order valence-electron chi connectivity index (χ3n) is 9.56. The summed E-state index contributed by atoms with van der Waals surface area (Å²) in [4.78, 5) is 0. The SMILES string of the molecule is c1ccc(-c2cc(-c3ccccc3)cc(-c3ccc(C4c5ccccc5-c5cc6c(cc54)Cc4ccccc4-6)cc3)c2)cc1. The molecule has 0 bridgehead atoms. The van der Waals surface area contributed by atoms with E-state index in [1.807, 2.05) is 0 Å². The Labute approximate surface area is 258 Å². The van der Waals surface area contributed by atoms with Gasteiger partial charge >= 0.3 is 0 Å². The highest BCUT2D eigenvalue weighted by Crippen LogP contribution is 2.51. The molecule has 9 rings (SSSR count). The molecule has 0 aliphatic heterocycles. The maximum atomic E-state index is 2.50. The lowest BCUT2D eigenvalue weighted by molar-refractivity contribution is 1.01. The largest absolute Gasteiger partial charge is 0.0622 e. The van der Waals surface area contributed by atoms with Crippen molar-refractivity contribution in [1.82, 2.24) is 0 Å². The number of hydrogen-bond donors (Lipinski definition) is 0. The number of rotatable bonds is 4. The van der Waals surface area contributed by atoms with Gasteiger partial charge in [0.1, 0.15) is 0 Å². The van der Waals surface area contributed by atoms with Crippen LogP contribution in [0.1, 0.15) is 33.7 Å². The minimum absolute atomic E-state index is 0.236. The maximum absolute atomic E-state index is 2.50. The lowest BCUT2D eigenvalue weighted by Gasteiger charge is -2.17. The fourth-order valence-corrected chi connectivity index (χ4v) is 7.45. The molecular formula is C44H30. The Morgan fingerprint density at radius 2 is 0.864 bits per heavy atom. The van der Waals surface area contributed by atoms with Crippen LogP contribution in [-0.2, 0) is 6.42 Å². The van der Waals surface area contributed by atoms with Gasteiger partial charge in [-0.15, -0.1) is 0 Å². The van der Waals surface area contributed by atoms with Crippen molar-refractivity contribution in [3.8, 4) is 55.6 Å². The quantitative estimate of drug-likeness (QED) is 0.201. The van der Waals surface area contributed by atoms with E-state index >= 15 is 0 Å². The van der Waals surface area contributed by atoms with Gasteiger partial charge in [0.05, 0.1) is 0 Å². The van der Waals surface area contributed by atoms with Gasteiger partial charge in [-0.3, -0.25) is 0 Å². The molecule has 0 saturated heterocycles. The standard InChI is InChI=1S/C44H30/c1-3-11-29(12-4-1)34-24-35(30-13-5-2-6-14-30)26-36(25-34)31-19-21-32(22-20-31)44-40-18-10-9-17-39(40)42-28-41-37(27-43(42)44)23-33-15-7-8-16-38(33)41/h1-22,24-28,44H,23H2. The summed E-state index contributed by atoms with van der Waals surface area (Å²) in [6.45, 7) is 0. The van der Waals surface area contributed by atoms with Crippen LogP contribution >= 0.6 is 0 Å². The molecule has 7 aromatic carbocycles. The molecule has 0 heteroatoms. The van der Waals surface area contributed by atoms with Crippen LogP contribution in [0.4, 0.5) is 0 Å². The summed E-state index contributed by atoms with van der Waals surface area (Å²) >= 11 is 0. The molecule has 7 aromatic rings. The van der Waals surface area contributed by atoms with Crippen LogP contribution in [0.15, 0.2) is 164 Å². The lowest BCUT2D eigenvalue weighted by atomic mass is 9.87. The minimum Gasteiger partial charge on any atom is -0.0622 e. The third kappa shape index (κ3) is 4.07. The summed E-state index contributed by atoms with van der Waals surface area (Å²) in [6, 6.07) is 60.6. The molecular weight excluding hydrogens is 528 g/mol. The van der Waals surface area contributed by atoms with Crippen LogP contribution in [0.2, 0.25) is 0 Å². The first-order valence-corrected chi connectivity index (χ1v) is 15.5. The lowest BCUT2D eigenvalue weighted by Crippen LogP contribution is -2.00. The summed E-state index contributed by atoms with van der Waals surface area (Å²) in [5, 5.41) is 0. The molecule has 0 heterocycles. The van der Waals surface area contributed by atoms with E-state index < -0.39 is 0 Å². The molecule has 0 radical (unpaired) electrons. The van der Waals surface area contributed by atoms with Crippen LogP contribution in [0.3, 0.4) is 0 Å². The zero-order valence-electron chi connectivity index (χ0n) is 24.4. The average molecular weight is 559 g/mol. The van der Waals surface area contributed by atoms with Crippen molar-refractivity contribution >= 4 is 0 Å². The van der Waals surface area contributed by atoms with Gasteiger partial charge in [0.2, 0.25) is 0 Å². The van der Waals surface area contributed by atoms with Gasteiger partial charge in [-0.05, 0) is 114 Å². The molecule has 0 aromatic heterocycles. The second kappa shape index (κ2) is 10.1. The molecule has 0 amide bonds. The van der Waals surface area contributed by atoms with Crippen molar-refractivity contribution < 1.29 is 0 Å². The monoisotopic (exact) mass is 558 g/mol. The number of benzene rings is 7. The van der Waals surface area contributed by atoms with Crippen LogP contribution < -0.4 is 0 Å². The molecule has 2 aliphatic rings. The zero-order chi connectivity index (χ0) is 29.0. The van der Waals surface area contributed by atoms with Gasteiger partial charge in [0.15, 0.2) is 0 Å². The molecule has 0 nitrogen and oxygen atoms in total.